The molecule has 2 aromatic rings. The maximum Gasteiger partial charge on any atom is 0.418 e. The SMILES string of the molecule is C[C@H]1CC[C@@H](Oc2ccccc2Sc2ccc(C(=O)C=CN3CCOCC3)c(C(F)(F)F)c2C(F)(F)F)CC1. The van der Waals surface area contributed by atoms with E-state index in [2.05, 4.69) is 6.92 Å². The van der Waals surface area contributed by atoms with Crippen molar-refractivity contribution in [3.63, 3.8) is 0 Å². The molecule has 2 fully saturated rings. The number of morpholine rings is 1. The summed E-state index contributed by atoms with van der Waals surface area (Å²) in [6, 6.07) is 8.12. The van der Waals surface area contributed by atoms with Gasteiger partial charge in [-0.05, 0) is 55.9 Å². The van der Waals surface area contributed by atoms with Gasteiger partial charge in [0.2, 0.25) is 0 Å². The Balaban J connectivity index is 1.70. The molecule has 1 aliphatic carbocycles. The number of benzene rings is 2. The molecule has 212 valence electrons. The highest BCUT2D eigenvalue weighted by Crippen LogP contribution is 2.49. The van der Waals surface area contributed by atoms with Crippen LogP contribution in [0.25, 0.3) is 0 Å². The minimum atomic E-state index is -5.42. The third-order valence-corrected chi connectivity index (χ3v) is 7.92. The second kappa shape index (κ2) is 12.2. The number of carbonyl (C=O) groups excluding carboxylic acids is 1. The Hall–Kier alpha value is -2.66. The van der Waals surface area contributed by atoms with Crippen LogP contribution in [0.1, 0.15) is 54.1 Å². The number of nitrogens with zero attached hydrogens (tertiary/aromatic N) is 1. The number of hydrogen-bond acceptors (Lipinski definition) is 5. The van der Waals surface area contributed by atoms with Gasteiger partial charge in [-0.3, -0.25) is 4.79 Å². The van der Waals surface area contributed by atoms with Crippen LogP contribution in [0.3, 0.4) is 0 Å². The van der Waals surface area contributed by atoms with Gasteiger partial charge in [0.1, 0.15) is 5.75 Å². The summed E-state index contributed by atoms with van der Waals surface area (Å²) < 4.78 is 96.7. The lowest BCUT2D eigenvalue weighted by molar-refractivity contribution is -0.163. The molecule has 1 aliphatic heterocycles. The largest absolute Gasteiger partial charge is 0.489 e. The highest BCUT2D eigenvalue weighted by molar-refractivity contribution is 7.99. The van der Waals surface area contributed by atoms with E-state index in [4.69, 9.17) is 9.47 Å². The Morgan fingerprint density at radius 3 is 2.21 bits per heavy atom. The zero-order valence-electron chi connectivity index (χ0n) is 21.3. The van der Waals surface area contributed by atoms with Gasteiger partial charge in [-0.15, -0.1) is 0 Å². The minimum Gasteiger partial charge on any atom is -0.489 e. The molecule has 0 spiro atoms. The fraction of sp³-hybridized carbons (Fsp3) is 0.464. The molecule has 2 aromatic carbocycles. The van der Waals surface area contributed by atoms with Crippen molar-refractivity contribution in [1.29, 1.82) is 0 Å². The van der Waals surface area contributed by atoms with E-state index in [0.717, 1.165) is 43.9 Å². The van der Waals surface area contributed by atoms with Crippen molar-refractivity contribution >= 4 is 17.5 Å². The number of halogens is 6. The first-order valence-corrected chi connectivity index (χ1v) is 13.5. The molecule has 1 heterocycles. The molecule has 39 heavy (non-hydrogen) atoms. The Labute approximate surface area is 227 Å². The van der Waals surface area contributed by atoms with E-state index in [0.29, 0.717) is 49.7 Å². The maximum atomic E-state index is 14.3. The number of allylic oxidation sites excluding steroid dienone is 1. The number of carbonyl (C=O) groups is 1. The second-order valence-electron chi connectivity index (χ2n) is 9.73. The highest BCUT2D eigenvalue weighted by atomic mass is 32.2. The first-order chi connectivity index (χ1) is 18.4. The number of alkyl halides is 6. The molecular formula is C28H29F6NO3S. The van der Waals surface area contributed by atoms with Crippen molar-refractivity contribution in [3.8, 4) is 5.75 Å². The van der Waals surface area contributed by atoms with Gasteiger partial charge in [0, 0.05) is 35.8 Å². The molecule has 11 heteroatoms. The summed E-state index contributed by atoms with van der Waals surface area (Å²) in [5.41, 5.74) is -4.92. The van der Waals surface area contributed by atoms with E-state index in [-0.39, 0.29) is 11.0 Å². The van der Waals surface area contributed by atoms with Crippen LogP contribution in [0, 0.1) is 5.92 Å². The molecule has 0 atom stereocenters. The monoisotopic (exact) mass is 573 g/mol. The summed E-state index contributed by atoms with van der Waals surface area (Å²) in [6.07, 6.45) is -5.24. The van der Waals surface area contributed by atoms with Gasteiger partial charge in [0.25, 0.3) is 0 Å². The summed E-state index contributed by atoms with van der Waals surface area (Å²) in [4.78, 5) is 14.0. The van der Waals surface area contributed by atoms with E-state index in [1.54, 1.807) is 23.1 Å². The molecule has 4 nitrogen and oxygen atoms in total. The lowest BCUT2D eigenvalue weighted by atomic mass is 9.89. The van der Waals surface area contributed by atoms with E-state index in [1.807, 2.05) is 0 Å². The Kier molecular flexibility index (Phi) is 9.21. The third-order valence-electron chi connectivity index (χ3n) is 6.81. The van der Waals surface area contributed by atoms with Crippen molar-refractivity contribution in [2.75, 3.05) is 26.3 Å². The third kappa shape index (κ3) is 7.51. The maximum absolute atomic E-state index is 14.3. The van der Waals surface area contributed by atoms with Gasteiger partial charge in [-0.1, -0.05) is 30.8 Å². The van der Waals surface area contributed by atoms with Crippen LogP contribution in [0.15, 0.2) is 58.5 Å². The number of ketones is 1. The fourth-order valence-corrected chi connectivity index (χ4v) is 5.77. The van der Waals surface area contributed by atoms with Crippen LogP contribution in [0.5, 0.6) is 5.75 Å². The summed E-state index contributed by atoms with van der Waals surface area (Å²) in [7, 11) is 0. The predicted molar refractivity (Wildman–Crippen MR) is 135 cm³/mol. The Bertz CT molecular complexity index is 1180. The quantitative estimate of drug-likeness (QED) is 0.192. The van der Waals surface area contributed by atoms with Crippen molar-refractivity contribution in [2.45, 2.75) is 60.9 Å². The van der Waals surface area contributed by atoms with Crippen molar-refractivity contribution in [3.05, 3.63) is 65.4 Å². The van der Waals surface area contributed by atoms with Crippen LogP contribution in [-0.2, 0) is 17.1 Å². The zero-order valence-corrected chi connectivity index (χ0v) is 22.1. The molecule has 1 saturated heterocycles. The molecule has 0 amide bonds. The van der Waals surface area contributed by atoms with Gasteiger partial charge in [0.15, 0.2) is 5.78 Å². The van der Waals surface area contributed by atoms with E-state index in [1.165, 1.54) is 12.3 Å². The lowest BCUT2D eigenvalue weighted by Gasteiger charge is -2.28. The van der Waals surface area contributed by atoms with Gasteiger partial charge in [-0.25, -0.2) is 0 Å². The second-order valence-corrected chi connectivity index (χ2v) is 10.8. The van der Waals surface area contributed by atoms with Gasteiger partial charge < -0.3 is 14.4 Å². The minimum absolute atomic E-state index is 0.117. The van der Waals surface area contributed by atoms with Crippen LogP contribution in [-0.4, -0.2) is 43.1 Å². The number of rotatable bonds is 7. The molecule has 4 rings (SSSR count). The molecular weight excluding hydrogens is 544 g/mol. The first-order valence-electron chi connectivity index (χ1n) is 12.7. The van der Waals surface area contributed by atoms with Crippen molar-refractivity contribution < 1.29 is 40.6 Å². The van der Waals surface area contributed by atoms with E-state index < -0.39 is 39.7 Å². The molecule has 1 saturated carbocycles. The van der Waals surface area contributed by atoms with Crippen LogP contribution < -0.4 is 4.74 Å². The van der Waals surface area contributed by atoms with Crippen LogP contribution in [0.4, 0.5) is 26.3 Å². The highest BCUT2D eigenvalue weighted by Gasteiger charge is 2.47. The molecule has 0 bridgehead atoms. The van der Waals surface area contributed by atoms with Crippen molar-refractivity contribution in [2.24, 2.45) is 5.92 Å². The predicted octanol–water partition coefficient (Wildman–Crippen LogP) is 7.86. The molecule has 0 radical (unpaired) electrons. The first kappa shape index (κ1) is 29.3. The number of para-hydroxylation sites is 1. The average molecular weight is 574 g/mol. The average Bonchev–Trinajstić information content (AvgIpc) is 2.89. The Morgan fingerprint density at radius 1 is 0.923 bits per heavy atom. The normalized spacial score (nSPS) is 20.8. The van der Waals surface area contributed by atoms with E-state index in [9.17, 15) is 31.1 Å². The van der Waals surface area contributed by atoms with Crippen LogP contribution in [0.2, 0.25) is 0 Å². The number of ether oxygens (including phenoxy) is 2. The van der Waals surface area contributed by atoms with Crippen LogP contribution >= 0.6 is 11.8 Å². The van der Waals surface area contributed by atoms with Gasteiger partial charge in [0.05, 0.1) is 35.3 Å². The molecule has 0 unspecified atom stereocenters. The van der Waals surface area contributed by atoms with E-state index >= 15 is 0 Å². The molecule has 0 aromatic heterocycles. The smallest absolute Gasteiger partial charge is 0.418 e. The number of hydrogen-bond donors (Lipinski definition) is 0. The lowest BCUT2D eigenvalue weighted by Crippen LogP contribution is -2.32. The van der Waals surface area contributed by atoms with Gasteiger partial charge >= 0.3 is 12.4 Å². The van der Waals surface area contributed by atoms with Crippen molar-refractivity contribution in [1.82, 2.24) is 4.90 Å². The topological polar surface area (TPSA) is 38.8 Å². The summed E-state index contributed by atoms with van der Waals surface area (Å²) in [6.45, 7) is 3.73. The molecule has 2 aliphatic rings. The summed E-state index contributed by atoms with van der Waals surface area (Å²) in [5, 5.41) is 0. The summed E-state index contributed by atoms with van der Waals surface area (Å²) >= 11 is 0.547. The van der Waals surface area contributed by atoms with Gasteiger partial charge in [-0.2, -0.15) is 26.3 Å². The zero-order chi connectivity index (χ0) is 28.2. The summed E-state index contributed by atoms with van der Waals surface area (Å²) in [5.74, 6) is -0.280. The fourth-order valence-electron chi connectivity index (χ4n) is 4.72. The molecule has 0 N–H and O–H groups in total. The Morgan fingerprint density at radius 2 is 1.56 bits per heavy atom. The standard InChI is InChI=1S/C28H29F6NO3S/c1-18-6-8-19(9-7-18)38-22-4-2-3-5-23(22)39-24-11-10-20(21(36)12-13-35-14-16-37-17-15-35)25(27(29,30)31)26(24)28(32,33)34/h2-5,10-13,18-19H,6-9,14-17H2,1H3/t18-,19+.